The van der Waals surface area contributed by atoms with Crippen molar-refractivity contribution in [1.29, 1.82) is 0 Å². The molecule has 1 aromatic rings. The third-order valence-electron chi connectivity index (χ3n) is 3.43. The van der Waals surface area contributed by atoms with Crippen LogP contribution in [0.25, 0.3) is 5.57 Å². The number of nitrogens with zero attached hydrogens (tertiary/aromatic N) is 1. The molecule has 0 aromatic heterocycles. The summed E-state index contributed by atoms with van der Waals surface area (Å²) in [6.07, 6.45) is 0. The Morgan fingerprint density at radius 1 is 1.14 bits per heavy atom. The van der Waals surface area contributed by atoms with Crippen molar-refractivity contribution >= 4 is 29.5 Å². The van der Waals surface area contributed by atoms with Gasteiger partial charge in [0.05, 0.1) is 5.22 Å². The fourth-order valence-electron chi connectivity index (χ4n) is 1.97. The lowest BCUT2D eigenvalue weighted by Gasteiger charge is -2.16. The Kier molecular flexibility index (Phi) is 3.04. The Morgan fingerprint density at radius 3 is 2.29 bits per heavy atom. The van der Waals surface area contributed by atoms with E-state index in [1.807, 2.05) is 0 Å². The molecule has 2 rings (SSSR count). The van der Waals surface area contributed by atoms with Crippen molar-refractivity contribution in [3.63, 3.8) is 0 Å². The van der Waals surface area contributed by atoms with Gasteiger partial charge in [0, 0.05) is 25.5 Å². The summed E-state index contributed by atoms with van der Waals surface area (Å²) in [6, 6.07) is 8.60. The molecule has 0 fully saturated rings. The first-order valence-electron chi connectivity index (χ1n) is 4.72. The predicted molar refractivity (Wildman–Crippen MR) is 71.4 cm³/mol. The minimum absolute atomic E-state index is 0. The lowest BCUT2D eigenvalue weighted by molar-refractivity contribution is 0.470. The average Bonchev–Trinajstić information content (AvgIpc) is 2.30. The van der Waals surface area contributed by atoms with Crippen LogP contribution in [0.1, 0.15) is 20.8 Å². The van der Waals surface area contributed by atoms with E-state index in [2.05, 4.69) is 56.7 Å². The van der Waals surface area contributed by atoms with Crippen LogP contribution < -0.4 is 15.2 Å². The van der Waals surface area contributed by atoms with Gasteiger partial charge in [0.15, 0.2) is 5.54 Å². The van der Waals surface area contributed by atoms with E-state index in [-0.39, 0.29) is 29.5 Å². The van der Waals surface area contributed by atoms with Gasteiger partial charge in [-0.15, -0.1) is 24.0 Å². The highest BCUT2D eigenvalue weighted by molar-refractivity contribution is 14.0. The minimum Gasteiger partial charge on any atom is -0.223 e. The van der Waals surface area contributed by atoms with Crippen LogP contribution in [0.4, 0.5) is 0 Å². The SMILES string of the molecule is CC1=c2ccccc2=[N+](C)C1(C)C.I. The van der Waals surface area contributed by atoms with Crippen molar-refractivity contribution in [1.82, 2.24) is 4.58 Å². The number of halogens is 1. The van der Waals surface area contributed by atoms with Crippen LogP contribution in [0.3, 0.4) is 0 Å². The maximum atomic E-state index is 2.34. The van der Waals surface area contributed by atoms with Gasteiger partial charge in [-0.25, -0.2) is 4.58 Å². The van der Waals surface area contributed by atoms with Gasteiger partial charge in [-0.2, -0.15) is 0 Å². The molecule has 0 saturated carbocycles. The van der Waals surface area contributed by atoms with Crippen LogP contribution in [0.2, 0.25) is 0 Å². The molecule has 1 nitrogen and oxygen atoms in total. The molecule has 0 unspecified atom stereocenters. The fraction of sp³-hybridized carbons (Fsp3) is 0.417. The average molecular weight is 302 g/mol. The van der Waals surface area contributed by atoms with E-state index >= 15 is 0 Å². The normalized spacial score (nSPS) is 17.7. The third kappa shape index (κ3) is 1.40. The van der Waals surface area contributed by atoms with Gasteiger partial charge in [-0.3, -0.25) is 0 Å². The van der Waals surface area contributed by atoms with Crippen LogP contribution in [-0.2, 0) is 0 Å². The molecular formula is C12H17IN+. The number of hydrogen-bond acceptors (Lipinski definition) is 0. The summed E-state index contributed by atoms with van der Waals surface area (Å²) in [5.41, 5.74) is 1.63. The van der Waals surface area contributed by atoms with Gasteiger partial charge in [0.25, 0.3) is 0 Å². The molecule has 0 N–H and O–H groups in total. The molecule has 0 radical (unpaired) electrons. The highest BCUT2D eigenvalue weighted by Crippen LogP contribution is 2.18. The summed E-state index contributed by atoms with van der Waals surface area (Å²) in [5, 5.41) is 2.75. The van der Waals surface area contributed by atoms with E-state index in [0.29, 0.717) is 0 Å². The molecule has 0 aliphatic carbocycles. The summed E-state index contributed by atoms with van der Waals surface area (Å²) < 4.78 is 2.34. The van der Waals surface area contributed by atoms with Crippen LogP contribution in [0.5, 0.6) is 0 Å². The topological polar surface area (TPSA) is 3.01 Å². The number of para-hydroxylation sites is 1. The summed E-state index contributed by atoms with van der Waals surface area (Å²) in [6.45, 7) is 6.76. The Labute approximate surface area is 102 Å². The molecular weight excluding hydrogens is 285 g/mol. The largest absolute Gasteiger partial charge is 0.223 e. The van der Waals surface area contributed by atoms with Crippen LogP contribution >= 0.6 is 24.0 Å². The van der Waals surface area contributed by atoms with Gasteiger partial charge < -0.3 is 0 Å². The fourth-order valence-corrected chi connectivity index (χ4v) is 1.97. The van der Waals surface area contributed by atoms with E-state index in [1.165, 1.54) is 16.1 Å². The second-order valence-corrected chi connectivity index (χ2v) is 4.26. The molecule has 0 atom stereocenters. The number of fused-ring (bicyclic) bond motifs is 1. The first kappa shape index (κ1) is 11.7. The highest BCUT2D eigenvalue weighted by Gasteiger charge is 2.35. The van der Waals surface area contributed by atoms with Gasteiger partial charge in [0.1, 0.15) is 7.05 Å². The van der Waals surface area contributed by atoms with Gasteiger partial charge in [0.2, 0.25) is 5.36 Å². The second kappa shape index (κ2) is 3.65. The maximum absolute atomic E-state index is 2.34. The van der Waals surface area contributed by atoms with Crippen LogP contribution in [0, 0.1) is 0 Å². The first-order chi connectivity index (χ1) is 6.05. The van der Waals surface area contributed by atoms with Crippen LogP contribution in [-0.4, -0.2) is 12.6 Å². The molecule has 1 aromatic carbocycles. The lowest BCUT2D eigenvalue weighted by Crippen LogP contribution is -2.40. The number of hydrogen-bond donors (Lipinski definition) is 0. The van der Waals surface area contributed by atoms with Crippen molar-refractivity contribution in [2.45, 2.75) is 26.3 Å². The molecule has 0 bridgehead atoms. The molecule has 1 aliphatic rings. The zero-order valence-electron chi connectivity index (χ0n) is 9.16. The summed E-state index contributed by atoms with van der Waals surface area (Å²) >= 11 is 0. The van der Waals surface area contributed by atoms with Crippen molar-refractivity contribution in [2.75, 3.05) is 7.05 Å². The number of benzene rings is 1. The van der Waals surface area contributed by atoms with Crippen molar-refractivity contribution < 1.29 is 0 Å². The molecule has 2 heteroatoms. The van der Waals surface area contributed by atoms with E-state index < -0.39 is 0 Å². The monoisotopic (exact) mass is 302 g/mol. The molecule has 0 spiro atoms. The maximum Gasteiger partial charge on any atom is 0.207 e. The van der Waals surface area contributed by atoms with E-state index in [1.54, 1.807) is 0 Å². The Bertz CT molecular complexity index is 428. The lowest BCUT2D eigenvalue weighted by atomic mass is 9.96. The third-order valence-corrected chi connectivity index (χ3v) is 3.43. The second-order valence-electron chi connectivity index (χ2n) is 4.26. The molecule has 0 amide bonds. The Morgan fingerprint density at radius 2 is 1.71 bits per heavy atom. The van der Waals surface area contributed by atoms with Gasteiger partial charge in [-0.1, -0.05) is 12.1 Å². The first-order valence-corrected chi connectivity index (χ1v) is 4.72. The Balaban J connectivity index is 0.000000980. The molecule has 0 saturated heterocycles. The molecule has 14 heavy (non-hydrogen) atoms. The van der Waals surface area contributed by atoms with Crippen molar-refractivity contribution in [3.8, 4) is 0 Å². The summed E-state index contributed by atoms with van der Waals surface area (Å²) in [7, 11) is 2.16. The molecule has 76 valence electrons. The summed E-state index contributed by atoms with van der Waals surface area (Å²) in [4.78, 5) is 0. The van der Waals surface area contributed by atoms with Crippen molar-refractivity contribution in [3.05, 3.63) is 34.8 Å². The van der Waals surface area contributed by atoms with Crippen LogP contribution in [0.15, 0.2) is 24.3 Å². The molecule has 1 aliphatic heterocycles. The minimum atomic E-state index is 0. The zero-order chi connectivity index (χ0) is 9.64. The molecule has 1 heterocycles. The predicted octanol–water partition coefficient (Wildman–Crippen LogP) is 1.39. The summed E-state index contributed by atoms with van der Waals surface area (Å²) in [5.74, 6) is 0. The van der Waals surface area contributed by atoms with Gasteiger partial charge >= 0.3 is 0 Å². The smallest absolute Gasteiger partial charge is 0.207 e. The standard InChI is InChI=1S/C12H16N.HI/c1-9-10-7-5-6-8-11(10)13(4)12(9,2)3;/h5-8H,1-4H3;1H/q+1;. The number of rotatable bonds is 0. The Hall–Kier alpha value is -0.380. The highest BCUT2D eigenvalue weighted by atomic mass is 127. The van der Waals surface area contributed by atoms with E-state index in [0.717, 1.165) is 0 Å². The van der Waals surface area contributed by atoms with E-state index in [9.17, 15) is 0 Å². The quantitative estimate of drug-likeness (QED) is 0.503. The van der Waals surface area contributed by atoms with Gasteiger partial charge in [-0.05, 0) is 13.0 Å². The van der Waals surface area contributed by atoms with E-state index in [4.69, 9.17) is 0 Å². The zero-order valence-corrected chi connectivity index (χ0v) is 11.5. The van der Waals surface area contributed by atoms with Crippen molar-refractivity contribution in [2.24, 2.45) is 0 Å².